The summed E-state index contributed by atoms with van der Waals surface area (Å²) < 4.78 is 11.4. The van der Waals surface area contributed by atoms with Gasteiger partial charge in [-0.2, -0.15) is 5.26 Å². The summed E-state index contributed by atoms with van der Waals surface area (Å²) in [4.78, 5) is 12.6. The van der Waals surface area contributed by atoms with Crippen LogP contribution in [0.4, 0.5) is 0 Å². The van der Waals surface area contributed by atoms with Crippen molar-refractivity contribution in [1.29, 1.82) is 5.26 Å². The highest BCUT2D eigenvalue weighted by Crippen LogP contribution is 2.43. The summed E-state index contributed by atoms with van der Waals surface area (Å²) in [5.74, 6) is 0.775. The molecule has 1 aliphatic carbocycles. The van der Waals surface area contributed by atoms with Crippen molar-refractivity contribution < 1.29 is 14.3 Å². The van der Waals surface area contributed by atoms with Crippen molar-refractivity contribution in [2.24, 2.45) is 5.73 Å². The summed E-state index contributed by atoms with van der Waals surface area (Å²) in [6.45, 7) is 0.331. The number of ketones is 1. The van der Waals surface area contributed by atoms with E-state index in [-0.39, 0.29) is 17.2 Å². The van der Waals surface area contributed by atoms with Crippen molar-refractivity contribution in [3.63, 3.8) is 0 Å². The average molecular weight is 441 g/mol. The molecule has 7 heteroatoms. The normalized spacial score (nSPS) is 18.6. The molecule has 5 nitrogen and oxygen atoms in total. The highest BCUT2D eigenvalue weighted by atomic mass is 35.5. The quantitative estimate of drug-likeness (QED) is 0.688. The van der Waals surface area contributed by atoms with Gasteiger partial charge in [0.2, 0.25) is 5.88 Å². The van der Waals surface area contributed by atoms with Crippen LogP contribution < -0.4 is 10.5 Å². The fourth-order valence-corrected chi connectivity index (χ4v) is 4.06. The molecular weight excluding hydrogens is 423 g/mol. The minimum absolute atomic E-state index is 0.00134. The molecule has 0 unspecified atom stereocenters. The third-order valence-corrected chi connectivity index (χ3v) is 5.95. The lowest BCUT2D eigenvalue weighted by Crippen LogP contribution is -2.27. The number of nitriles is 1. The van der Waals surface area contributed by atoms with Crippen molar-refractivity contribution in [2.45, 2.75) is 31.8 Å². The molecule has 30 heavy (non-hydrogen) atoms. The van der Waals surface area contributed by atoms with E-state index in [1.54, 1.807) is 24.3 Å². The Kier molecular flexibility index (Phi) is 5.72. The monoisotopic (exact) mass is 440 g/mol. The number of hydrogen-bond donors (Lipinski definition) is 1. The SMILES string of the molecule is N#CC1=C(N)OC2=C(C(=O)CCC2)[C@H]1c1ccc(OCc2ccc(Cl)c(Cl)c2)cc1. The second-order valence-electron chi connectivity index (χ2n) is 7.14. The molecule has 0 radical (unpaired) electrons. The number of ether oxygens (including phenoxy) is 2. The number of nitrogens with two attached hydrogens (primary N) is 1. The topological polar surface area (TPSA) is 85.3 Å². The lowest BCUT2D eigenvalue weighted by Gasteiger charge is -2.31. The van der Waals surface area contributed by atoms with Crippen LogP contribution in [0.15, 0.2) is 65.3 Å². The Hall–Kier alpha value is -2.94. The van der Waals surface area contributed by atoms with Gasteiger partial charge in [0.05, 0.1) is 16.0 Å². The molecule has 0 saturated carbocycles. The van der Waals surface area contributed by atoms with Crippen LogP contribution in [0.3, 0.4) is 0 Å². The van der Waals surface area contributed by atoms with E-state index in [0.29, 0.717) is 46.6 Å². The molecule has 152 valence electrons. The molecule has 0 spiro atoms. The van der Waals surface area contributed by atoms with Crippen LogP contribution in [0.1, 0.15) is 36.3 Å². The Balaban J connectivity index is 1.58. The van der Waals surface area contributed by atoms with Crippen LogP contribution in [-0.2, 0) is 16.1 Å². The molecule has 2 aromatic rings. The maximum atomic E-state index is 12.6. The Morgan fingerprint density at radius 3 is 2.60 bits per heavy atom. The Morgan fingerprint density at radius 2 is 1.90 bits per heavy atom. The molecule has 1 aliphatic heterocycles. The molecule has 2 N–H and O–H groups in total. The maximum Gasteiger partial charge on any atom is 0.205 e. The lowest BCUT2D eigenvalue weighted by molar-refractivity contribution is -0.116. The first-order valence-corrected chi connectivity index (χ1v) is 10.2. The van der Waals surface area contributed by atoms with Gasteiger partial charge in [-0.1, -0.05) is 41.4 Å². The third-order valence-electron chi connectivity index (χ3n) is 5.21. The van der Waals surface area contributed by atoms with E-state index in [2.05, 4.69) is 6.07 Å². The standard InChI is InChI=1S/C23H18Cl2N2O3/c24-17-9-4-13(10-18(17)25)12-29-15-7-5-14(6-8-15)21-16(11-26)23(27)30-20-3-1-2-19(28)22(20)21/h4-10,21H,1-3,12,27H2/t21-/m0/s1. The number of hydrogen-bond acceptors (Lipinski definition) is 5. The van der Waals surface area contributed by atoms with Crippen molar-refractivity contribution >= 4 is 29.0 Å². The average Bonchev–Trinajstić information content (AvgIpc) is 2.74. The number of allylic oxidation sites excluding steroid dienone is 3. The summed E-state index contributed by atoms with van der Waals surface area (Å²) in [7, 11) is 0. The molecule has 0 amide bonds. The fraction of sp³-hybridized carbons (Fsp3) is 0.217. The van der Waals surface area contributed by atoms with Gasteiger partial charge in [-0.25, -0.2) is 0 Å². The summed E-state index contributed by atoms with van der Waals surface area (Å²) in [5.41, 5.74) is 8.46. The van der Waals surface area contributed by atoms with Crippen LogP contribution >= 0.6 is 23.2 Å². The molecule has 1 heterocycles. The van der Waals surface area contributed by atoms with Gasteiger partial charge in [0.1, 0.15) is 29.8 Å². The molecule has 2 aromatic carbocycles. The molecule has 4 rings (SSSR count). The fourth-order valence-electron chi connectivity index (χ4n) is 3.74. The van der Waals surface area contributed by atoms with E-state index >= 15 is 0 Å². The van der Waals surface area contributed by atoms with E-state index in [9.17, 15) is 10.1 Å². The van der Waals surface area contributed by atoms with E-state index in [4.69, 9.17) is 38.4 Å². The Labute approximate surface area is 184 Å². The van der Waals surface area contributed by atoms with E-state index < -0.39 is 5.92 Å². The molecule has 0 saturated heterocycles. The Morgan fingerprint density at radius 1 is 1.13 bits per heavy atom. The molecule has 1 atom stereocenters. The highest BCUT2D eigenvalue weighted by Gasteiger charge is 2.37. The number of carbonyl (C=O) groups is 1. The first-order chi connectivity index (χ1) is 14.5. The first kappa shape index (κ1) is 20.3. The van der Waals surface area contributed by atoms with Gasteiger partial charge in [0, 0.05) is 18.4 Å². The summed E-state index contributed by atoms with van der Waals surface area (Å²) >= 11 is 12.0. The molecule has 0 aromatic heterocycles. The minimum atomic E-state index is -0.518. The molecular formula is C23H18Cl2N2O3. The van der Waals surface area contributed by atoms with Crippen molar-refractivity contribution in [2.75, 3.05) is 0 Å². The maximum absolute atomic E-state index is 12.6. The zero-order valence-electron chi connectivity index (χ0n) is 16.0. The van der Waals surface area contributed by atoms with Crippen LogP contribution in [0.2, 0.25) is 10.0 Å². The van der Waals surface area contributed by atoms with Crippen LogP contribution in [0, 0.1) is 11.3 Å². The highest BCUT2D eigenvalue weighted by molar-refractivity contribution is 6.42. The van der Waals surface area contributed by atoms with Crippen LogP contribution in [0.25, 0.3) is 0 Å². The predicted molar refractivity (Wildman–Crippen MR) is 114 cm³/mol. The summed E-state index contributed by atoms with van der Waals surface area (Å²) in [5, 5.41) is 10.6. The first-order valence-electron chi connectivity index (χ1n) is 9.48. The van der Waals surface area contributed by atoms with Gasteiger partial charge in [0.15, 0.2) is 5.78 Å². The Bertz CT molecular complexity index is 1110. The van der Waals surface area contributed by atoms with Gasteiger partial charge in [-0.15, -0.1) is 0 Å². The summed E-state index contributed by atoms with van der Waals surface area (Å²) in [6, 6.07) is 14.8. The smallest absolute Gasteiger partial charge is 0.205 e. The lowest BCUT2D eigenvalue weighted by atomic mass is 9.77. The zero-order valence-corrected chi connectivity index (χ0v) is 17.5. The van der Waals surface area contributed by atoms with Crippen molar-refractivity contribution in [3.8, 4) is 11.8 Å². The molecule has 2 aliphatic rings. The van der Waals surface area contributed by atoms with Gasteiger partial charge in [-0.05, 0) is 41.8 Å². The van der Waals surface area contributed by atoms with Crippen molar-refractivity contribution in [1.82, 2.24) is 0 Å². The van der Waals surface area contributed by atoms with Gasteiger partial charge < -0.3 is 15.2 Å². The molecule has 0 fully saturated rings. The van der Waals surface area contributed by atoms with Gasteiger partial charge in [0.25, 0.3) is 0 Å². The van der Waals surface area contributed by atoms with Gasteiger partial charge in [-0.3, -0.25) is 4.79 Å². The number of rotatable bonds is 4. The third kappa shape index (κ3) is 3.89. The van der Waals surface area contributed by atoms with E-state index in [1.807, 2.05) is 18.2 Å². The number of nitrogens with zero attached hydrogens (tertiary/aromatic N) is 1. The van der Waals surface area contributed by atoms with Crippen LogP contribution in [-0.4, -0.2) is 5.78 Å². The number of halogens is 2. The second-order valence-corrected chi connectivity index (χ2v) is 7.96. The molecule has 0 bridgehead atoms. The van der Waals surface area contributed by atoms with E-state index in [1.165, 1.54) is 0 Å². The second kappa shape index (κ2) is 8.43. The number of benzene rings is 2. The van der Waals surface area contributed by atoms with Crippen molar-refractivity contribution in [3.05, 3.63) is 86.4 Å². The largest absolute Gasteiger partial charge is 0.489 e. The van der Waals surface area contributed by atoms with Crippen LogP contribution in [0.5, 0.6) is 5.75 Å². The predicted octanol–water partition coefficient (Wildman–Crippen LogP) is 5.39. The number of carbonyl (C=O) groups excluding carboxylic acids is 1. The van der Waals surface area contributed by atoms with Gasteiger partial charge >= 0.3 is 0 Å². The van der Waals surface area contributed by atoms with E-state index in [0.717, 1.165) is 17.5 Å². The zero-order chi connectivity index (χ0) is 21.3. The number of Topliss-reactive ketones (excluding diaryl/α,β-unsaturated/α-hetero) is 1. The summed E-state index contributed by atoms with van der Waals surface area (Å²) in [6.07, 6.45) is 1.81. The minimum Gasteiger partial charge on any atom is -0.489 e.